The van der Waals surface area contributed by atoms with Crippen LogP contribution in [0.4, 0.5) is 4.39 Å². The molecule has 0 saturated heterocycles. The van der Waals surface area contributed by atoms with Crippen LogP contribution in [0.3, 0.4) is 0 Å². The van der Waals surface area contributed by atoms with Crippen molar-refractivity contribution >= 4 is 21.8 Å². The van der Waals surface area contributed by atoms with Gasteiger partial charge in [0, 0.05) is 18.1 Å². The van der Waals surface area contributed by atoms with Gasteiger partial charge in [0.1, 0.15) is 5.82 Å². The van der Waals surface area contributed by atoms with Crippen LogP contribution < -0.4 is 10.0 Å². The molecule has 1 rings (SSSR count). The molecular formula is C18H28FN3O4S. The van der Waals surface area contributed by atoms with Crippen molar-refractivity contribution < 1.29 is 22.4 Å². The zero-order chi connectivity index (χ0) is 21.0. The van der Waals surface area contributed by atoms with Crippen molar-refractivity contribution in [2.45, 2.75) is 58.0 Å². The van der Waals surface area contributed by atoms with Gasteiger partial charge in [0.2, 0.25) is 15.9 Å². The molecule has 0 aliphatic rings. The predicted octanol–water partition coefficient (Wildman–Crippen LogP) is 1.89. The van der Waals surface area contributed by atoms with Crippen molar-refractivity contribution in [3.05, 3.63) is 29.6 Å². The minimum atomic E-state index is -3.88. The van der Waals surface area contributed by atoms with Gasteiger partial charge >= 0.3 is 0 Å². The Labute approximate surface area is 160 Å². The third-order valence-electron chi connectivity index (χ3n) is 3.39. The summed E-state index contributed by atoms with van der Waals surface area (Å²) in [4.78, 5) is 25.7. The third-order valence-corrected chi connectivity index (χ3v) is 5.04. The van der Waals surface area contributed by atoms with Crippen LogP contribution in [0.1, 0.15) is 51.9 Å². The van der Waals surface area contributed by atoms with E-state index >= 15 is 0 Å². The molecule has 2 amide bonds. The Bertz CT molecular complexity index is 801. The zero-order valence-electron chi connectivity index (χ0n) is 16.6. The van der Waals surface area contributed by atoms with E-state index in [0.717, 1.165) is 23.1 Å². The fraction of sp³-hybridized carbons (Fsp3) is 0.556. The van der Waals surface area contributed by atoms with Gasteiger partial charge in [-0.15, -0.1) is 0 Å². The molecule has 0 saturated carbocycles. The first-order valence-corrected chi connectivity index (χ1v) is 10.2. The minimum absolute atomic E-state index is 0.164. The highest BCUT2D eigenvalue weighted by atomic mass is 32.2. The van der Waals surface area contributed by atoms with Crippen molar-refractivity contribution in [2.75, 3.05) is 13.1 Å². The van der Waals surface area contributed by atoms with E-state index in [-0.39, 0.29) is 29.9 Å². The van der Waals surface area contributed by atoms with E-state index in [1.165, 1.54) is 0 Å². The molecule has 0 bridgehead atoms. The van der Waals surface area contributed by atoms with Crippen molar-refractivity contribution in [3.63, 3.8) is 0 Å². The van der Waals surface area contributed by atoms with E-state index in [4.69, 9.17) is 0 Å². The molecule has 0 atom stereocenters. The van der Waals surface area contributed by atoms with Gasteiger partial charge in [-0.3, -0.25) is 9.59 Å². The summed E-state index contributed by atoms with van der Waals surface area (Å²) in [6.07, 6.45) is 0. The molecule has 1 aromatic carbocycles. The maximum Gasteiger partial charge on any atom is 0.257 e. The Kier molecular flexibility index (Phi) is 7.50. The minimum Gasteiger partial charge on any atom is -0.350 e. The van der Waals surface area contributed by atoms with E-state index in [9.17, 15) is 22.4 Å². The third kappa shape index (κ3) is 6.91. The lowest BCUT2D eigenvalue weighted by Crippen LogP contribution is -2.47. The SMILES string of the molecule is CCN(CC(=O)NC(C)(C)C)C(=O)c1cc(S(=O)(=O)NC(C)C)ccc1F. The van der Waals surface area contributed by atoms with Crippen LogP contribution in [0.2, 0.25) is 0 Å². The molecule has 0 aliphatic carbocycles. The molecule has 0 heterocycles. The van der Waals surface area contributed by atoms with Gasteiger partial charge in [0.05, 0.1) is 17.0 Å². The first-order valence-electron chi connectivity index (χ1n) is 8.69. The number of likely N-dealkylation sites (N-methyl/N-ethyl adjacent to an activating group) is 1. The number of nitrogens with zero attached hydrogens (tertiary/aromatic N) is 1. The molecule has 0 fully saturated rings. The van der Waals surface area contributed by atoms with E-state index in [2.05, 4.69) is 10.0 Å². The van der Waals surface area contributed by atoms with E-state index in [0.29, 0.717) is 0 Å². The van der Waals surface area contributed by atoms with Crippen molar-refractivity contribution in [3.8, 4) is 0 Å². The second kappa shape index (κ2) is 8.79. The largest absolute Gasteiger partial charge is 0.350 e. The fourth-order valence-corrected chi connectivity index (χ4v) is 3.62. The monoisotopic (exact) mass is 401 g/mol. The quantitative estimate of drug-likeness (QED) is 0.729. The first kappa shape index (κ1) is 23.0. The van der Waals surface area contributed by atoms with Gasteiger partial charge in [-0.05, 0) is 59.7 Å². The van der Waals surface area contributed by atoms with Crippen LogP contribution in [0.15, 0.2) is 23.1 Å². The summed E-state index contributed by atoms with van der Waals surface area (Å²) in [6, 6.07) is 2.67. The first-order chi connectivity index (χ1) is 12.3. The summed E-state index contributed by atoms with van der Waals surface area (Å²) in [6.45, 7) is 10.3. The zero-order valence-corrected chi connectivity index (χ0v) is 17.4. The van der Waals surface area contributed by atoms with Crippen molar-refractivity contribution in [1.82, 2.24) is 14.9 Å². The predicted molar refractivity (Wildman–Crippen MR) is 101 cm³/mol. The van der Waals surface area contributed by atoms with Gasteiger partial charge < -0.3 is 10.2 Å². The van der Waals surface area contributed by atoms with Crippen LogP contribution >= 0.6 is 0 Å². The van der Waals surface area contributed by atoms with Crippen LogP contribution in [-0.2, 0) is 14.8 Å². The van der Waals surface area contributed by atoms with Gasteiger partial charge in [-0.1, -0.05) is 0 Å². The standard InChI is InChI=1S/C18H28FN3O4S/c1-7-22(11-16(23)20-18(4,5)6)17(24)14-10-13(8-9-15(14)19)27(25,26)21-12(2)3/h8-10,12,21H,7,11H2,1-6H3,(H,20,23). The summed E-state index contributed by atoms with van der Waals surface area (Å²) in [5, 5.41) is 2.73. The maximum atomic E-state index is 14.2. The van der Waals surface area contributed by atoms with E-state index in [1.807, 2.05) is 0 Å². The topological polar surface area (TPSA) is 95.6 Å². The molecule has 7 nitrogen and oxygen atoms in total. The molecular weight excluding hydrogens is 373 g/mol. The Morgan fingerprint density at radius 1 is 1.22 bits per heavy atom. The number of hydrogen-bond acceptors (Lipinski definition) is 4. The summed E-state index contributed by atoms with van der Waals surface area (Å²) < 4.78 is 41.2. The smallest absolute Gasteiger partial charge is 0.257 e. The van der Waals surface area contributed by atoms with Gasteiger partial charge in [-0.2, -0.15) is 0 Å². The molecule has 9 heteroatoms. The lowest BCUT2D eigenvalue weighted by atomic mass is 10.1. The number of halogens is 1. The molecule has 0 aromatic heterocycles. The second-order valence-corrected chi connectivity index (χ2v) is 9.25. The molecule has 27 heavy (non-hydrogen) atoms. The highest BCUT2D eigenvalue weighted by molar-refractivity contribution is 7.89. The van der Waals surface area contributed by atoms with Crippen LogP contribution in [-0.4, -0.2) is 49.8 Å². The Balaban J connectivity index is 3.14. The highest BCUT2D eigenvalue weighted by Gasteiger charge is 2.25. The number of nitrogens with one attached hydrogen (secondary N) is 2. The average molecular weight is 402 g/mol. The average Bonchev–Trinajstić information content (AvgIpc) is 2.49. The van der Waals surface area contributed by atoms with Gasteiger partial charge in [0.15, 0.2) is 0 Å². The second-order valence-electron chi connectivity index (χ2n) is 7.54. The Morgan fingerprint density at radius 2 is 1.81 bits per heavy atom. The van der Waals surface area contributed by atoms with E-state index in [1.54, 1.807) is 41.5 Å². The molecule has 0 aliphatic heterocycles. The summed E-state index contributed by atoms with van der Waals surface area (Å²) in [7, 11) is -3.88. The molecule has 2 N–H and O–H groups in total. The molecule has 1 aromatic rings. The fourth-order valence-electron chi connectivity index (χ4n) is 2.34. The summed E-state index contributed by atoms with van der Waals surface area (Å²) in [5.74, 6) is -1.98. The molecule has 0 spiro atoms. The molecule has 0 radical (unpaired) electrons. The van der Waals surface area contributed by atoms with Crippen molar-refractivity contribution in [2.24, 2.45) is 0 Å². The van der Waals surface area contributed by atoms with Crippen LogP contribution in [0, 0.1) is 5.82 Å². The lowest BCUT2D eigenvalue weighted by molar-refractivity contribution is -0.123. The Hall–Kier alpha value is -2.00. The summed E-state index contributed by atoms with van der Waals surface area (Å²) in [5.41, 5.74) is -0.867. The molecule has 152 valence electrons. The number of sulfonamides is 1. The van der Waals surface area contributed by atoms with Crippen LogP contribution in [0.25, 0.3) is 0 Å². The van der Waals surface area contributed by atoms with Gasteiger partial charge in [-0.25, -0.2) is 17.5 Å². The number of carbonyl (C=O) groups excluding carboxylic acids is 2. The van der Waals surface area contributed by atoms with Crippen LogP contribution in [0.5, 0.6) is 0 Å². The van der Waals surface area contributed by atoms with E-state index < -0.39 is 32.9 Å². The number of benzene rings is 1. The number of rotatable bonds is 7. The summed E-state index contributed by atoms with van der Waals surface area (Å²) >= 11 is 0. The van der Waals surface area contributed by atoms with Crippen molar-refractivity contribution in [1.29, 1.82) is 0 Å². The Morgan fingerprint density at radius 3 is 2.30 bits per heavy atom. The normalized spacial score (nSPS) is 12.1. The maximum absolute atomic E-state index is 14.2. The lowest BCUT2D eigenvalue weighted by Gasteiger charge is -2.25. The highest BCUT2D eigenvalue weighted by Crippen LogP contribution is 2.17. The number of hydrogen-bond donors (Lipinski definition) is 2. The number of carbonyl (C=O) groups is 2. The number of amides is 2. The van der Waals surface area contributed by atoms with Gasteiger partial charge in [0.25, 0.3) is 5.91 Å². The molecule has 0 unspecified atom stereocenters.